The number of hydrogen-bond donors (Lipinski definition) is 1. The van der Waals surface area contributed by atoms with E-state index in [0.717, 1.165) is 17.1 Å². The van der Waals surface area contributed by atoms with Gasteiger partial charge in [0.05, 0.1) is 5.75 Å². The molecule has 32 heavy (non-hydrogen) atoms. The second-order valence-electron chi connectivity index (χ2n) is 7.20. The normalized spacial score (nSPS) is 10.7. The van der Waals surface area contributed by atoms with Gasteiger partial charge in [0.15, 0.2) is 10.9 Å². The third-order valence-electron chi connectivity index (χ3n) is 4.83. The zero-order valence-corrected chi connectivity index (χ0v) is 18.4. The molecule has 0 aliphatic carbocycles. The number of aromatic nitrogens is 3. The van der Waals surface area contributed by atoms with Gasteiger partial charge in [0.25, 0.3) is 0 Å². The lowest BCUT2D eigenvalue weighted by atomic mass is 10.1. The van der Waals surface area contributed by atoms with Crippen molar-refractivity contribution in [3.63, 3.8) is 0 Å². The first-order valence-corrected chi connectivity index (χ1v) is 11.2. The van der Waals surface area contributed by atoms with Crippen LogP contribution >= 0.6 is 11.8 Å². The van der Waals surface area contributed by atoms with E-state index in [2.05, 4.69) is 27.6 Å². The molecule has 0 aliphatic rings. The summed E-state index contributed by atoms with van der Waals surface area (Å²) in [5, 5.41) is 12.3. The molecule has 4 aromatic rings. The number of carbonyl (C=O) groups is 2. The molecule has 0 fully saturated rings. The molecule has 0 saturated heterocycles. The van der Waals surface area contributed by atoms with Gasteiger partial charge in [-0.15, -0.1) is 10.2 Å². The van der Waals surface area contributed by atoms with Gasteiger partial charge in [0.2, 0.25) is 5.91 Å². The third-order valence-corrected chi connectivity index (χ3v) is 5.76. The molecular weight excluding hydrogens is 420 g/mol. The molecule has 0 bridgehead atoms. The van der Waals surface area contributed by atoms with Crippen molar-refractivity contribution in [2.45, 2.75) is 18.5 Å². The number of anilines is 1. The largest absolute Gasteiger partial charge is 0.325 e. The van der Waals surface area contributed by atoms with Crippen LogP contribution in [0.1, 0.15) is 28.7 Å². The Balaban J connectivity index is 1.49. The molecule has 6 nitrogen and oxygen atoms in total. The van der Waals surface area contributed by atoms with Gasteiger partial charge >= 0.3 is 0 Å². The van der Waals surface area contributed by atoms with Crippen molar-refractivity contribution in [1.82, 2.24) is 14.8 Å². The van der Waals surface area contributed by atoms with Crippen LogP contribution in [0.25, 0.3) is 5.69 Å². The average molecular weight is 443 g/mol. The van der Waals surface area contributed by atoms with Gasteiger partial charge in [0, 0.05) is 23.4 Å². The highest BCUT2D eigenvalue weighted by Crippen LogP contribution is 2.24. The van der Waals surface area contributed by atoms with E-state index < -0.39 is 0 Å². The number of amides is 1. The number of thioether (sulfide) groups is 1. The molecule has 0 radical (unpaired) electrons. The van der Waals surface area contributed by atoms with Gasteiger partial charge in [0.1, 0.15) is 5.82 Å². The first-order valence-electron chi connectivity index (χ1n) is 10.2. The summed E-state index contributed by atoms with van der Waals surface area (Å²) in [6, 6.07) is 26.8. The Hall–Kier alpha value is -3.71. The number of Topliss-reactive ketones (excluding diaryl/α,β-unsaturated/α-hetero) is 1. The summed E-state index contributed by atoms with van der Waals surface area (Å²) in [6.45, 7) is 1.51. The van der Waals surface area contributed by atoms with Crippen LogP contribution in [-0.2, 0) is 11.2 Å². The number of ketones is 1. The molecule has 160 valence electrons. The Labute approximate surface area is 190 Å². The summed E-state index contributed by atoms with van der Waals surface area (Å²) in [5.74, 6) is 0.831. The van der Waals surface area contributed by atoms with Gasteiger partial charge in [-0.05, 0) is 48.9 Å². The highest BCUT2D eigenvalue weighted by Gasteiger charge is 2.16. The summed E-state index contributed by atoms with van der Waals surface area (Å²) >= 11 is 1.33. The molecule has 1 heterocycles. The molecule has 1 N–H and O–H groups in total. The van der Waals surface area contributed by atoms with Crippen molar-refractivity contribution >= 4 is 29.1 Å². The van der Waals surface area contributed by atoms with Crippen molar-refractivity contribution < 1.29 is 9.59 Å². The number of nitrogens with one attached hydrogen (secondary N) is 1. The van der Waals surface area contributed by atoms with Crippen LogP contribution in [0.4, 0.5) is 5.69 Å². The monoisotopic (exact) mass is 442 g/mol. The lowest BCUT2D eigenvalue weighted by Gasteiger charge is -2.10. The highest BCUT2D eigenvalue weighted by atomic mass is 32.2. The number of para-hydroxylation sites is 1. The number of nitrogens with zero attached hydrogens (tertiary/aromatic N) is 3. The fraction of sp³-hybridized carbons (Fsp3) is 0.120. The maximum Gasteiger partial charge on any atom is 0.234 e. The minimum Gasteiger partial charge on any atom is -0.325 e. The minimum absolute atomic E-state index is 0.00927. The maximum atomic E-state index is 12.5. The fourth-order valence-corrected chi connectivity index (χ4v) is 4.01. The average Bonchev–Trinajstić information content (AvgIpc) is 3.21. The summed E-state index contributed by atoms with van der Waals surface area (Å²) in [6.07, 6.45) is 0.637. The summed E-state index contributed by atoms with van der Waals surface area (Å²) in [5.41, 5.74) is 3.35. The molecular formula is C25H22N4O2S. The Kier molecular flexibility index (Phi) is 6.77. The van der Waals surface area contributed by atoms with Gasteiger partial charge in [-0.3, -0.25) is 14.2 Å². The summed E-state index contributed by atoms with van der Waals surface area (Å²) in [7, 11) is 0. The molecule has 7 heteroatoms. The Morgan fingerprint density at radius 2 is 1.53 bits per heavy atom. The SMILES string of the molecule is CC(=O)c1ccc(NC(=O)CSc2nnc(Cc3ccccc3)n2-c2ccccc2)cc1. The van der Waals surface area contributed by atoms with Crippen molar-refractivity contribution in [3.05, 3.63) is 102 Å². The Bertz CT molecular complexity index is 1210. The lowest BCUT2D eigenvalue weighted by Crippen LogP contribution is -2.14. The van der Waals surface area contributed by atoms with E-state index in [0.29, 0.717) is 22.8 Å². The van der Waals surface area contributed by atoms with Crippen LogP contribution < -0.4 is 5.32 Å². The Morgan fingerprint density at radius 3 is 2.19 bits per heavy atom. The minimum atomic E-state index is -0.155. The van der Waals surface area contributed by atoms with E-state index in [4.69, 9.17) is 0 Å². The molecule has 4 rings (SSSR count). The first kappa shape index (κ1) is 21.5. The van der Waals surface area contributed by atoms with Gasteiger partial charge in [-0.2, -0.15) is 0 Å². The topological polar surface area (TPSA) is 76.9 Å². The van der Waals surface area contributed by atoms with Crippen LogP contribution in [0.5, 0.6) is 0 Å². The predicted molar refractivity (Wildman–Crippen MR) is 126 cm³/mol. The van der Waals surface area contributed by atoms with E-state index in [1.807, 2.05) is 53.1 Å². The van der Waals surface area contributed by atoms with E-state index in [-0.39, 0.29) is 17.4 Å². The van der Waals surface area contributed by atoms with Crippen molar-refractivity contribution in [1.29, 1.82) is 0 Å². The molecule has 3 aromatic carbocycles. The predicted octanol–water partition coefficient (Wildman–Crippen LogP) is 4.79. The van der Waals surface area contributed by atoms with Crippen LogP contribution in [0.15, 0.2) is 90.1 Å². The van der Waals surface area contributed by atoms with Gasteiger partial charge in [-0.25, -0.2) is 0 Å². The van der Waals surface area contributed by atoms with Crippen molar-refractivity contribution in [2.24, 2.45) is 0 Å². The first-order chi connectivity index (χ1) is 15.6. The van der Waals surface area contributed by atoms with Crippen molar-refractivity contribution in [3.8, 4) is 5.69 Å². The van der Waals surface area contributed by atoms with Gasteiger partial charge < -0.3 is 5.32 Å². The van der Waals surface area contributed by atoms with Crippen LogP contribution in [-0.4, -0.2) is 32.2 Å². The van der Waals surface area contributed by atoms with Crippen molar-refractivity contribution in [2.75, 3.05) is 11.1 Å². The second kappa shape index (κ2) is 10.1. The quantitative estimate of drug-likeness (QED) is 0.314. The molecule has 0 unspecified atom stereocenters. The molecule has 1 amide bonds. The van der Waals surface area contributed by atoms with E-state index in [1.54, 1.807) is 24.3 Å². The van der Waals surface area contributed by atoms with Crippen LogP contribution in [0, 0.1) is 0 Å². The molecule has 0 atom stereocenters. The lowest BCUT2D eigenvalue weighted by molar-refractivity contribution is -0.113. The fourth-order valence-electron chi connectivity index (χ4n) is 3.24. The Morgan fingerprint density at radius 1 is 0.875 bits per heavy atom. The van der Waals surface area contributed by atoms with Gasteiger partial charge in [-0.1, -0.05) is 60.3 Å². The number of carbonyl (C=O) groups excluding carboxylic acids is 2. The zero-order chi connectivity index (χ0) is 22.3. The molecule has 1 aromatic heterocycles. The summed E-state index contributed by atoms with van der Waals surface area (Å²) < 4.78 is 1.99. The third kappa shape index (κ3) is 5.31. The number of rotatable bonds is 8. The number of hydrogen-bond acceptors (Lipinski definition) is 5. The molecule has 0 saturated carbocycles. The highest BCUT2D eigenvalue weighted by molar-refractivity contribution is 7.99. The zero-order valence-electron chi connectivity index (χ0n) is 17.6. The second-order valence-corrected chi connectivity index (χ2v) is 8.15. The maximum absolute atomic E-state index is 12.5. The van der Waals surface area contributed by atoms with Crippen LogP contribution in [0.3, 0.4) is 0 Å². The summed E-state index contributed by atoms with van der Waals surface area (Å²) in [4.78, 5) is 23.9. The molecule has 0 spiro atoms. The molecule has 0 aliphatic heterocycles. The van der Waals surface area contributed by atoms with E-state index in [9.17, 15) is 9.59 Å². The van der Waals surface area contributed by atoms with E-state index >= 15 is 0 Å². The standard InChI is InChI=1S/C25H22N4O2S/c1-18(30)20-12-14-21(15-13-20)26-24(31)17-32-25-28-27-23(16-19-8-4-2-5-9-19)29(25)22-10-6-3-7-11-22/h2-15H,16-17H2,1H3,(H,26,31). The number of benzene rings is 3. The van der Waals surface area contributed by atoms with Crippen LogP contribution in [0.2, 0.25) is 0 Å². The van der Waals surface area contributed by atoms with E-state index in [1.165, 1.54) is 18.7 Å². The smallest absolute Gasteiger partial charge is 0.234 e.